The van der Waals surface area contributed by atoms with Crippen molar-refractivity contribution in [3.05, 3.63) is 97.8 Å². The zero-order chi connectivity index (χ0) is 17.3. The predicted octanol–water partition coefficient (Wildman–Crippen LogP) is 2.97. The van der Waals surface area contributed by atoms with Crippen LogP contribution in [0.15, 0.2) is 64.4 Å². The summed E-state index contributed by atoms with van der Waals surface area (Å²) in [6.45, 7) is 6.34. The number of nitrogens with zero attached hydrogens (tertiary/aromatic N) is 2. The van der Waals surface area contributed by atoms with Crippen molar-refractivity contribution in [1.29, 1.82) is 0 Å². The van der Waals surface area contributed by atoms with Crippen molar-refractivity contribution < 1.29 is 0 Å². The topological polar surface area (TPSA) is 44.0 Å². The Balaban J connectivity index is 2.05. The normalized spacial score (nSPS) is 10.8. The maximum atomic E-state index is 12.5. The van der Waals surface area contributed by atoms with Gasteiger partial charge in [-0.15, -0.1) is 0 Å². The fourth-order valence-corrected chi connectivity index (χ4v) is 2.90. The monoisotopic (exact) mass is 320 g/mol. The van der Waals surface area contributed by atoms with Crippen LogP contribution in [0.1, 0.15) is 22.3 Å². The first-order valence-electron chi connectivity index (χ1n) is 7.91. The summed E-state index contributed by atoms with van der Waals surface area (Å²) in [5, 5.41) is 0. The highest BCUT2D eigenvalue weighted by molar-refractivity contribution is 5.39. The van der Waals surface area contributed by atoms with E-state index >= 15 is 0 Å². The Kier molecular flexibility index (Phi) is 4.21. The molecule has 0 N–H and O–H groups in total. The Labute approximate surface area is 140 Å². The average molecular weight is 320 g/mol. The van der Waals surface area contributed by atoms with Crippen molar-refractivity contribution >= 4 is 0 Å². The Morgan fingerprint density at radius 2 is 1.50 bits per heavy atom. The standard InChI is InChI=1S/C20H20N2O2/c1-14-10-15(2)12-18(11-14)22-9-8-21(19(23)20(22)24)13-17-7-5-4-6-16(17)3/h4-12H,13H2,1-3H3. The summed E-state index contributed by atoms with van der Waals surface area (Å²) in [4.78, 5) is 25.0. The molecule has 4 heteroatoms. The van der Waals surface area contributed by atoms with Crippen LogP contribution in [0, 0.1) is 20.8 Å². The molecule has 0 amide bonds. The van der Waals surface area contributed by atoms with E-state index in [4.69, 9.17) is 0 Å². The summed E-state index contributed by atoms with van der Waals surface area (Å²) in [5.74, 6) is 0. The third kappa shape index (κ3) is 3.08. The second-order valence-corrected chi connectivity index (χ2v) is 6.18. The first-order chi connectivity index (χ1) is 11.5. The molecule has 2 aromatic carbocycles. The van der Waals surface area contributed by atoms with E-state index in [-0.39, 0.29) is 0 Å². The molecule has 0 spiro atoms. The molecule has 0 aliphatic rings. The van der Waals surface area contributed by atoms with Crippen LogP contribution in [0.3, 0.4) is 0 Å². The molecule has 1 heterocycles. The van der Waals surface area contributed by atoms with E-state index in [1.54, 1.807) is 12.4 Å². The summed E-state index contributed by atoms with van der Waals surface area (Å²) >= 11 is 0. The summed E-state index contributed by atoms with van der Waals surface area (Å²) in [6, 6.07) is 13.7. The molecule has 3 aromatic rings. The lowest BCUT2D eigenvalue weighted by Crippen LogP contribution is -2.40. The van der Waals surface area contributed by atoms with Crippen LogP contribution < -0.4 is 11.1 Å². The van der Waals surface area contributed by atoms with Crippen LogP contribution in [0.4, 0.5) is 0 Å². The molecule has 0 saturated heterocycles. The van der Waals surface area contributed by atoms with Gasteiger partial charge in [0, 0.05) is 18.1 Å². The first-order valence-corrected chi connectivity index (χ1v) is 7.91. The number of hydrogen-bond donors (Lipinski definition) is 0. The minimum absolute atomic E-state index is 0.397. The lowest BCUT2D eigenvalue weighted by Gasteiger charge is -2.11. The van der Waals surface area contributed by atoms with Gasteiger partial charge in [0.05, 0.1) is 6.54 Å². The number of benzene rings is 2. The van der Waals surface area contributed by atoms with Crippen molar-refractivity contribution in [2.75, 3.05) is 0 Å². The number of hydrogen-bond acceptors (Lipinski definition) is 2. The van der Waals surface area contributed by atoms with Crippen LogP contribution in [0.25, 0.3) is 5.69 Å². The van der Waals surface area contributed by atoms with Gasteiger partial charge in [-0.2, -0.15) is 0 Å². The molecule has 0 bridgehead atoms. The lowest BCUT2D eigenvalue weighted by atomic mass is 10.1. The van der Waals surface area contributed by atoms with E-state index in [2.05, 4.69) is 0 Å². The third-order valence-corrected chi connectivity index (χ3v) is 4.14. The van der Waals surface area contributed by atoms with Crippen LogP contribution in [-0.2, 0) is 6.54 Å². The zero-order valence-electron chi connectivity index (χ0n) is 14.1. The summed E-state index contributed by atoms with van der Waals surface area (Å²) in [5.41, 5.74) is 3.92. The highest BCUT2D eigenvalue weighted by Gasteiger charge is 2.08. The van der Waals surface area contributed by atoms with E-state index in [0.29, 0.717) is 6.54 Å². The van der Waals surface area contributed by atoms with Gasteiger partial charge in [-0.25, -0.2) is 0 Å². The molecule has 122 valence electrons. The van der Waals surface area contributed by atoms with Crippen LogP contribution in [-0.4, -0.2) is 9.13 Å². The second kappa shape index (κ2) is 6.32. The number of aryl methyl sites for hydroxylation is 3. The van der Waals surface area contributed by atoms with Crippen LogP contribution >= 0.6 is 0 Å². The molecule has 1 aromatic heterocycles. The molecule has 24 heavy (non-hydrogen) atoms. The number of rotatable bonds is 3. The Bertz CT molecular complexity index is 992. The SMILES string of the molecule is Cc1cc(C)cc(-n2ccn(Cc3ccccc3C)c(=O)c2=O)c1. The predicted molar refractivity (Wildman–Crippen MR) is 96.1 cm³/mol. The molecular weight excluding hydrogens is 300 g/mol. The van der Waals surface area contributed by atoms with Crippen molar-refractivity contribution in [2.24, 2.45) is 0 Å². The van der Waals surface area contributed by atoms with Gasteiger partial charge < -0.3 is 4.57 Å². The first kappa shape index (κ1) is 16.0. The van der Waals surface area contributed by atoms with Gasteiger partial charge in [-0.3, -0.25) is 14.2 Å². The Hall–Kier alpha value is -2.88. The van der Waals surface area contributed by atoms with E-state index in [1.165, 1.54) is 9.13 Å². The summed E-state index contributed by atoms with van der Waals surface area (Å²) in [6.07, 6.45) is 3.34. The Morgan fingerprint density at radius 1 is 0.833 bits per heavy atom. The van der Waals surface area contributed by atoms with Gasteiger partial charge in [0.2, 0.25) is 0 Å². The largest absolute Gasteiger partial charge is 0.320 e. The van der Waals surface area contributed by atoms with Gasteiger partial charge in [0.15, 0.2) is 0 Å². The van der Waals surface area contributed by atoms with Crippen LogP contribution in [0.2, 0.25) is 0 Å². The minimum Gasteiger partial charge on any atom is -0.305 e. The molecule has 0 saturated carbocycles. The van der Waals surface area contributed by atoms with Gasteiger partial charge >= 0.3 is 11.1 Å². The van der Waals surface area contributed by atoms with Crippen molar-refractivity contribution in [3.8, 4) is 5.69 Å². The van der Waals surface area contributed by atoms with Gasteiger partial charge in [-0.05, 0) is 55.2 Å². The molecule has 0 radical (unpaired) electrons. The van der Waals surface area contributed by atoms with E-state index in [0.717, 1.165) is 27.9 Å². The van der Waals surface area contributed by atoms with Gasteiger partial charge in [-0.1, -0.05) is 30.3 Å². The lowest BCUT2D eigenvalue weighted by molar-refractivity contribution is 0.715. The molecule has 0 unspecified atom stereocenters. The molecule has 0 aliphatic heterocycles. The minimum atomic E-state index is -0.531. The smallest absolute Gasteiger partial charge is 0.305 e. The van der Waals surface area contributed by atoms with Crippen molar-refractivity contribution in [2.45, 2.75) is 27.3 Å². The highest BCUT2D eigenvalue weighted by Crippen LogP contribution is 2.12. The quantitative estimate of drug-likeness (QED) is 0.696. The fourth-order valence-electron chi connectivity index (χ4n) is 2.90. The molecule has 0 atom stereocenters. The maximum absolute atomic E-state index is 12.5. The van der Waals surface area contributed by atoms with E-state index in [1.807, 2.05) is 63.2 Å². The summed E-state index contributed by atoms with van der Waals surface area (Å²) in [7, 11) is 0. The number of aromatic nitrogens is 2. The molecular formula is C20H20N2O2. The Morgan fingerprint density at radius 3 is 2.17 bits per heavy atom. The van der Waals surface area contributed by atoms with Crippen molar-refractivity contribution in [1.82, 2.24) is 9.13 Å². The summed E-state index contributed by atoms with van der Waals surface area (Å²) < 4.78 is 2.88. The molecule has 3 rings (SSSR count). The molecule has 0 fully saturated rings. The van der Waals surface area contributed by atoms with Gasteiger partial charge in [0.1, 0.15) is 0 Å². The molecule has 0 aliphatic carbocycles. The third-order valence-electron chi connectivity index (χ3n) is 4.14. The van der Waals surface area contributed by atoms with Crippen LogP contribution in [0.5, 0.6) is 0 Å². The maximum Gasteiger partial charge on any atom is 0.320 e. The molecule has 4 nitrogen and oxygen atoms in total. The zero-order valence-corrected chi connectivity index (χ0v) is 14.1. The van der Waals surface area contributed by atoms with Gasteiger partial charge in [0.25, 0.3) is 0 Å². The fraction of sp³-hybridized carbons (Fsp3) is 0.200. The second-order valence-electron chi connectivity index (χ2n) is 6.18. The van der Waals surface area contributed by atoms with E-state index < -0.39 is 11.1 Å². The van der Waals surface area contributed by atoms with E-state index in [9.17, 15) is 9.59 Å². The average Bonchev–Trinajstić information content (AvgIpc) is 2.53. The van der Waals surface area contributed by atoms with Crippen molar-refractivity contribution in [3.63, 3.8) is 0 Å². The highest BCUT2D eigenvalue weighted by atomic mass is 16.2.